The summed E-state index contributed by atoms with van der Waals surface area (Å²) in [5.41, 5.74) is 0.661. The molecule has 1 aliphatic rings. The van der Waals surface area contributed by atoms with Gasteiger partial charge < -0.3 is 40.6 Å². The molecule has 1 aromatic carbocycles. The minimum absolute atomic E-state index is 0.0111. The molecule has 0 spiro atoms. The molecule has 1 aliphatic heterocycles. The molecular formula is C28H38N4O9. The Kier molecular flexibility index (Phi) is 12.5. The molecule has 224 valence electrons. The first-order chi connectivity index (χ1) is 19.4. The Balaban J connectivity index is 2.28. The summed E-state index contributed by atoms with van der Waals surface area (Å²) in [4.78, 5) is 75.8. The largest absolute Gasteiger partial charge is 0.508 e. The number of nitrogens with zero attached hydrogens (tertiary/aromatic N) is 1. The number of nitrogens with one attached hydrogen (secondary N) is 3. The smallest absolute Gasteiger partial charge is 0.305 e. The maximum atomic E-state index is 13.8. The van der Waals surface area contributed by atoms with Gasteiger partial charge in [0.25, 0.3) is 0 Å². The highest BCUT2D eigenvalue weighted by Crippen LogP contribution is 2.24. The topological polar surface area (TPSA) is 191 Å². The van der Waals surface area contributed by atoms with Gasteiger partial charge in [-0.05, 0) is 23.6 Å². The van der Waals surface area contributed by atoms with Crippen molar-refractivity contribution in [2.75, 3.05) is 13.2 Å². The van der Waals surface area contributed by atoms with E-state index in [0.29, 0.717) is 11.8 Å². The second kappa shape index (κ2) is 15.5. The predicted molar refractivity (Wildman–Crippen MR) is 146 cm³/mol. The Morgan fingerprint density at radius 3 is 2.32 bits per heavy atom. The SMILES string of the molecule is C=CCOC1CC(C(=O)NC(C=O)CC(=O)O)N(C(=O)C(NC(=O)C(Cc2ccc(O)cc2)NC(C)=O)C(C)C)C1. The fourth-order valence-corrected chi connectivity index (χ4v) is 4.48. The van der Waals surface area contributed by atoms with Gasteiger partial charge in [0.1, 0.15) is 30.2 Å². The number of ether oxygens (including phenoxy) is 1. The van der Waals surface area contributed by atoms with Gasteiger partial charge in [-0.3, -0.25) is 24.0 Å². The minimum Gasteiger partial charge on any atom is -0.508 e. The molecule has 2 rings (SSSR count). The highest BCUT2D eigenvalue weighted by atomic mass is 16.5. The first-order valence-electron chi connectivity index (χ1n) is 13.2. The number of hydrogen-bond donors (Lipinski definition) is 5. The number of carboxylic acids is 1. The van der Waals surface area contributed by atoms with Crippen LogP contribution in [0.5, 0.6) is 5.75 Å². The number of aromatic hydroxyl groups is 1. The van der Waals surface area contributed by atoms with Crippen LogP contribution < -0.4 is 16.0 Å². The van der Waals surface area contributed by atoms with E-state index in [2.05, 4.69) is 22.5 Å². The zero-order chi connectivity index (χ0) is 30.7. The molecule has 5 atom stereocenters. The summed E-state index contributed by atoms with van der Waals surface area (Å²) in [6.45, 7) is 8.45. The van der Waals surface area contributed by atoms with Crippen LogP contribution >= 0.6 is 0 Å². The summed E-state index contributed by atoms with van der Waals surface area (Å²) >= 11 is 0. The molecule has 1 saturated heterocycles. The van der Waals surface area contributed by atoms with Crippen LogP contribution in [0, 0.1) is 5.92 Å². The number of phenolic OH excluding ortho intramolecular Hbond substituents is 1. The van der Waals surface area contributed by atoms with Crippen LogP contribution in [0.4, 0.5) is 0 Å². The molecule has 0 saturated carbocycles. The molecule has 1 aromatic rings. The highest BCUT2D eigenvalue weighted by molar-refractivity contribution is 5.95. The first kappa shape index (κ1) is 32.9. The normalized spacial score (nSPS) is 18.6. The zero-order valence-corrected chi connectivity index (χ0v) is 23.4. The van der Waals surface area contributed by atoms with E-state index in [9.17, 15) is 33.9 Å². The average molecular weight is 575 g/mol. The number of rotatable bonds is 15. The lowest BCUT2D eigenvalue weighted by molar-refractivity contribution is -0.144. The highest BCUT2D eigenvalue weighted by Gasteiger charge is 2.44. The zero-order valence-electron chi connectivity index (χ0n) is 23.4. The monoisotopic (exact) mass is 574 g/mol. The summed E-state index contributed by atoms with van der Waals surface area (Å²) in [6.07, 6.45) is 0.829. The van der Waals surface area contributed by atoms with Gasteiger partial charge in [-0.15, -0.1) is 6.58 Å². The number of hydrogen-bond acceptors (Lipinski definition) is 8. The number of amides is 4. The lowest BCUT2D eigenvalue weighted by Crippen LogP contribution is -2.59. The van der Waals surface area contributed by atoms with Gasteiger partial charge >= 0.3 is 5.97 Å². The number of carbonyl (C=O) groups is 6. The molecule has 1 heterocycles. The number of aldehydes is 1. The molecule has 1 fully saturated rings. The molecular weight excluding hydrogens is 536 g/mol. The van der Waals surface area contributed by atoms with Gasteiger partial charge in [-0.1, -0.05) is 32.1 Å². The van der Waals surface area contributed by atoms with Crippen molar-refractivity contribution in [1.29, 1.82) is 0 Å². The fraction of sp³-hybridized carbons (Fsp3) is 0.500. The van der Waals surface area contributed by atoms with E-state index in [-0.39, 0.29) is 31.7 Å². The van der Waals surface area contributed by atoms with Crippen LogP contribution in [0.25, 0.3) is 0 Å². The van der Waals surface area contributed by atoms with E-state index in [0.717, 1.165) is 0 Å². The van der Waals surface area contributed by atoms with Crippen molar-refractivity contribution >= 4 is 35.9 Å². The third-order valence-corrected chi connectivity index (χ3v) is 6.49. The van der Waals surface area contributed by atoms with E-state index >= 15 is 0 Å². The van der Waals surface area contributed by atoms with Crippen molar-refractivity contribution in [3.8, 4) is 5.75 Å². The maximum absolute atomic E-state index is 13.8. The van der Waals surface area contributed by atoms with Crippen molar-refractivity contribution in [2.24, 2.45) is 5.92 Å². The van der Waals surface area contributed by atoms with Crippen LogP contribution in [0.1, 0.15) is 39.2 Å². The second-order valence-corrected chi connectivity index (χ2v) is 10.2. The Morgan fingerprint density at radius 2 is 1.78 bits per heavy atom. The van der Waals surface area contributed by atoms with Crippen molar-refractivity contribution < 1.29 is 43.7 Å². The van der Waals surface area contributed by atoms with Crippen LogP contribution in [-0.4, -0.2) is 94.4 Å². The summed E-state index contributed by atoms with van der Waals surface area (Å²) in [5.74, 6) is -4.05. The van der Waals surface area contributed by atoms with Crippen molar-refractivity contribution in [3.05, 3.63) is 42.5 Å². The minimum atomic E-state index is -1.29. The maximum Gasteiger partial charge on any atom is 0.305 e. The molecule has 5 unspecified atom stereocenters. The lowest BCUT2D eigenvalue weighted by atomic mass is 10.00. The molecule has 5 N–H and O–H groups in total. The van der Waals surface area contributed by atoms with Crippen LogP contribution in [0.2, 0.25) is 0 Å². The second-order valence-electron chi connectivity index (χ2n) is 10.2. The third kappa shape index (κ3) is 10.0. The molecule has 0 bridgehead atoms. The van der Waals surface area contributed by atoms with E-state index in [4.69, 9.17) is 9.84 Å². The number of benzene rings is 1. The first-order valence-corrected chi connectivity index (χ1v) is 13.2. The van der Waals surface area contributed by atoms with Gasteiger partial charge in [-0.25, -0.2) is 0 Å². The standard InChI is InChI=1S/C28H38N4O9/c1-5-10-41-21-13-23(27(39)30-19(15-33)12-24(36)37)32(14-21)28(40)25(16(2)3)31-26(38)22(29-17(4)34)11-18-6-8-20(35)9-7-18/h5-9,15-16,19,21-23,25,35H,1,10-14H2,2-4H3,(H,29,34)(H,30,39)(H,31,38)(H,36,37). The molecule has 41 heavy (non-hydrogen) atoms. The van der Waals surface area contributed by atoms with Crippen LogP contribution in [0.15, 0.2) is 36.9 Å². The van der Waals surface area contributed by atoms with Gasteiger partial charge in [-0.2, -0.15) is 0 Å². The number of carbonyl (C=O) groups excluding carboxylic acids is 5. The molecule has 13 nitrogen and oxygen atoms in total. The number of carboxylic acid groups (broad SMARTS) is 1. The number of likely N-dealkylation sites (tertiary alicyclic amines) is 1. The van der Waals surface area contributed by atoms with Gasteiger partial charge in [0, 0.05) is 26.3 Å². The van der Waals surface area contributed by atoms with E-state index in [1.54, 1.807) is 26.0 Å². The Morgan fingerprint density at radius 1 is 1.12 bits per heavy atom. The van der Waals surface area contributed by atoms with E-state index in [1.807, 2.05) is 0 Å². The van der Waals surface area contributed by atoms with Crippen molar-refractivity contribution in [2.45, 2.75) is 70.3 Å². The molecule has 4 amide bonds. The molecule has 13 heteroatoms. The van der Waals surface area contributed by atoms with Gasteiger partial charge in [0.05, 0.1) is 25.2 Å². The van der Waals surface area contributed by atoms with E-state index in [1.165, 1.54) is 30.0 Å². The third-order valence-electron chi connectivity index (χ3n) is 6.49. The van der Waals surface area contributed by atoms with Gasteiger partial charge in [0.2, 0.25) is 23.6 Å². The quantitative estimate of drug-likeness (QED) is 0.141. The Labute approximate surface area is 238 Å². The van der Waals surface area contributed by atoms with Crippen LogP contribution in [-0.2, 0) is 39.9 Å². The molecule has 0 aromatic heterocycles. The molecule has 0 radical (unpaired) electrons. The van der Waals surface area contributed by atoms with Crippen molar-refractivity contribution in [3.63, 3.8) is 0 Å². The summed E-state index contributed by atoms with van der Waals surface area (Å²) < 4.78 is 5.68. The lowest BCUT2D eigenvalue weighted by Gasteiger charge is -2.31. The molecule has 0 aliphatic carbocycles. The Bertz CT molecular complexity index is 1120. The van der Waals surface area contributed by atoms with Gasteiger partial charge in [0.15, 0.2) is 0 Å². The number of phenols is 1. The average Bonchev–Trinajstić information content (AvgIpc) is 3.34. The fourth-order valence-electron chi connectivity index (χ4n) is 4.48. The van der Waals surface area contributed by atoms with Crippen LogP contribution in [0.3, 0.4) is 0 Å². The number of aliphatic carboxylic acids is 1. The predicted octanol–water partition coefficient (Wildman–Crippen LogP) is -0.0893. The summed E-state index contributed by atoms with van der Waals surface area (Å²) in [7, 11) is 0. The summed E-state index contributed by atoms with van der Waals surface area (Å²) in [6, 6.07) is 1.62. The van der Waals surface area contributed by atoms with Crippen molar-refractivity contribution in [1.82, 2.24) is 20.9 Å². The summed E-state index contributed by atoms with van der Waals surface area (Å²) in [5, 5.41) is 26.2. The Hall–Kier alpha value is -4.26. The van der Waals surface area contributed by atoms with E-state index < -0.39 is 72.2 Å².